The van der Waals surface area contributed by atoms with Crippen LogP contribution in [0.4, 0.5) is 8.78 Å². The molecule has 0 aliphatic heterocycles. The van der Waals surface area contributed by atoms with Crippen LogP contribution in [0.15, 0.2) is 48.5 Å². The summed E-state index contributed by atoms with van der Waals surface area (Å²) in [4.78, 5) is 1.94. The van der Waals surface area contributed by atoms with E-state index in [4.69, 9.17) is 5.26 Å². The van der Waals surface area contributed by atoms with Gasteiger partial charge in [0.15, 0.2) is 0 Å². The third kappa shape index (κ3) is 5.30. The minimum absolute atomic E-state index is 0.0619. The minimum atomic E-state index is -2.86. The van der Waals surface area contributed by atoms with E-state index in [0.29, 0.717) is 24.2 Å². The van der Waals surface area contributed by atoms with Gasteiger partial charge in [-0.1, -0.05) is 24.3 Å². The van der Waals surface area contributed by atoms with Crippen molar-refractivity contribution in [3.63, 3.8) is 0 Å². The Morgan fingerprint density at radius 2 is 1.75 bits per heavy atom. The number of halogens is 2. The molecule has 0 radical (unpaired) electrons. The van der Waals surface area contributed by atoms with Gasteiger partial charge in [-0.2, -0.15) is 14.0 Å². The first kappa shape index (κ1) is 17.9. The van der Waals surface area contributed by atoms with Gasteiger partial charge in [0, 0.05) is 13.1 Å². The van der Waals surface area contributed by atoms with Crippen molar-refractivity contribution in [3.05, 3.63) is 65.2 Å². The van der Waals surface area contributed by atoms with Crippen LogP contribution in [0.5, 0.6) is 5.75 Å². The van der Waals surface area contributed by atoms with Crippen molar-refractivity contribution < 1.29 is 18.6 Å². The van der Waals surface area contributed by atoms with E-state index in [2.05, 4.69) is 10.8 Å². The van der Waals surface area contributed by atoms with Gasteiger partial charge in [0.1, 0.15) is 5.75 Å². The van der Waals surface area contributed by atoms with Crippen LogP contribution in [0.1, 0.15) is 22.8 Å². The molecule has 2 aromatic carbocycles. The highest BCUT2D eigenvalue weighted by Gasteiger charge is 2.12. The zero-order chi connectivity index (χ0) is 17.5. The van der Waals surface area contributed by atoms with Crippen molar-refractivity contribution in [2.24, 2.45) is 0 Å². The smallest absolute Gasteiger partial charge is 0.387 e. The number of nitriles is 1. The Balaban J connectivity index is 1.90. The van der Waals surface area contributed by atoms with Crippen LogP contribution < -0.4 is 4.74 Å². The number of alkyl halides is 2. The maximum absolute atomic E-state index is 12.1. The summed E-state index contributed by atoms with van der Waals surface area (Å²) < 4.78 is 28.5. The second kappa shape index (κ2) is 8.39. The van der Waals surface area contributed by atoms with Gasteiger partial charge < -0.3 is 9.84 Å². The third-order valence-corrected chi connectivity index (χ3v) is 3.51. The van der Waals surface area contributed by atoms with Crippen LogP contribution in [0, 0.1) is 11.3 Å². The first-order valence-electron chi connectivity index (χ1n) is 7.38. The molecule has 1 N–H and O–H groups in total. The molecule has 0 bridgehead atoms. The molecule has 0 aliphatic carbocycles. The molecule has 2 rings (SSSR count). The summed E-state index contributed by atoms with van der Waals surface area (Å²) in [5, 5.41) is 19.0. The fraction of sp³-hybridized carbons (Fsp3) is 0.278. The molecule has 4 nitrogen and oxygen atoms in total. The summed E-state index contributed by atoms with van der Waals surface area (Å²) in [5.41, 5.74) is 2.26. The van der Waals surface area contributed by atoms with Crippen LogP contribution in [0.25, 0.3) is 0 Å². The second-order valence-electron chi connectivity index (χ2n) is 5.47. The molecule has 24 heavy (non-hydrogen) atoms. The first-order valence-corrected chi connectivity index (χ1v) is 7.38. The molecule has 0 saturated heterocycles. The minimum Gasteiger partial charge on any atom is -0.435 e. The normalized spacial score (nSPS) is 12.2. The topological polar surface area (TPSA) is 56.5 Å². The van der Waals surface area contributed by atoms with Gasteiger partial charge in [0.05, 0.1) is 17.7 Å². The number of nitrogens with zero attached hydrogens (tertiary/aromatic N) is 2. The van der Waals surface area contributed by atoms with Crippen molar-refractivity contribution >= 4 is 0 Å². The van der Waals surface area contributed by atoms with Crippen LogP contribution in [-0.2, 0) is 6.54 Å². The van der Waals surface area contributed by atoms with E-state index in [1.165, 1.54) is 12.1 Å². The van der Waals surface area contributed by atoms with Gasteiger partial charge in [-0.05, 0) is 42.4 Å². The molecule has 0 fully saturated rings. The van der Waals surface area contributed by atoms with E-state index in [0.717, 1.165) is 5.56 Å². The van der Waals surface area contributed by atoms with Crippen LogP contribution in [0.2, 0.25) is 0 Å². The highest BCUT2D eigenvalue weighted by molar-refractivity contribution is 5.31. The average molecular weight is 332 g/mol. The lowest BCUT2D eigenvalue weighted by molar-refractivity contribution is -0.0498. The van der Waals surface area contributed by atoms with Gasteiger partial charge in [-0.25, -0.2) is 0 Å². The van der Waals surface area contributed by atoms with Crippen molar-refractivity contribution in [2.45, 2.75) is 19.3 Å². The molecule has 126 valence electrons. The van der Waals surface area contributed by atoms with Crippen molar-refractivity contribution in [2.75, 3.05) is 13.6 Å². The molecule has 0 spiro atoms. The summed E-state index contributed by atoms with van der Waals surface area (Å²) in [7, 11) is 1.87. The van der Waals surface area contributed by atoms with Crippen LogP contribution in [-0.4, -0.2) is 30.2 Å². The van der Waals surface area contributed by atoms with Gasteiger partial charge in [0.2, 0.25) is 0 Å². The SMILES string of the molecule is CN(Cc1ccc(C#N)cc1)CC(O)c1ccc(OC(F)F)cc1. The summed E-state index contributed by atoms with van der Waals surface area (Å²) in [6.07, 6.45) is -0.742. The number of hydrogen-bond acceptors (Lipinski definition) is 4. The Morgan fingerprint density at radius 1 is 1.12 bits per heavy atom. The summed E-state index contributed by atoms with van der Waals surface area (Å²) in [5.74, 6) is 0.0619. The molecule has 0 amide bonds. The molecule has 1 unspecified atom stereocenters. The number of aliphatic hydroxyl groups is 1. The van der Waals surface area contributed by atoms with E-state index in [9.17, 15) is 13.9 Å². The molecule has 0 aliphatic rings. The first-order chi connectivity index (χ1) is 11.5. The zero-order valence-electron chi connectivity index (χ0n) is 13.2. The number of rotatable bonds is 7. The Labute approximate surface area is 139 Å². The Morgan fingerprint density at radius 3 is 2.29 bits per heavy atom. The van der Waals surface area contributed by atoms with Gasteiger partial charge in [-0.15, -0.1) is 0 Å². The molecule has 1 atom stereocenters. The molecule has 0 aromatic heterocycles. The quantitative estimate of drug-likeness (QED) is 0.845. The molecule has 2 aromatic rings. The Bertz CT molecular complexity index is 682. The lowest BCUT2D eigenvalue weighted by Crippen LogP contribution is -2.24. The summed E-state index contributed by atoms with van der Waals surface area (Å²) in [6.45, 7) is -1.86. The predicted octanol–water partition coefficient (Wildman–Crippen LogP) is 3.33. The van der Waals surface area contributed by atoms with Gasteiger partial charge in [0.25, 0.3) is 0 Å². The Kier molecular flexibility index (Phi) is 6.24. The van der Waals surface area contributed by atoms with Crippen molar-refractivity contribution in [1.82, 2.24) is 4.90 Å². The number of benzene rings is 2. The second-order valence-corrected chi connectivity index (χ2v) is 5.47. The summed E-state index contributed by atoms with van der Waals surface area (Å²) >= 11 is 0. The van der Waals surface area contributed by atoms with Gasteiger partial charge >= 0.3 is 6.61 Å². The van der Waals surface area contributed by atoms with Crippen LogP contribution in [0.3, 0.4) is 0 Å². The predicted molar refractivity (Wildman–Crippen MR) is 85.5 cm³/mol. The fourth-order valence-electron chi connectivity index (χ4n) is 2.33. The highest BCUT2D eigenvalue weighted by atomic mass is 19.3. The molecule has 0 heterocycles. The average Bonchev–Trinajstić information content (AvgIpc) is 2.55. The molecular weight excluding hydrogens is 314 g/mol. The van der Waals surface area contributed by atoms with E-state index in [-0.39, 0.29) is 5.75 Å². The molecule has 0 saturated carbocycles. The zero-order valence-corrected chi connectivity index (χ0v) is 13.2. The standard InChI is InChI=1S/C18H18F2N2O2/c1-22(11-14-4-2-13(10-21)3-5-14)12-17(23)15-6-8-16(9-7-15)24-18(19)20/h2-9,17-18,23H,11-12H2,1H3. The van der Waals surface area contributed by atoms with Gasteiger partial charge in [-0.3, -0.25) is 4.90 Å². The highest BCUT2D eigenvalue weighted by Crippen LogP contribution is 2.20. The van der Waals surface area contributed by atoms with Crippen molar-refractivity contribution in [3.8, 4) is 11.8 Å². The third-order valence-electron chi connectivity index (χ3n) is 3.51. The number of aliphatic hydroxyl groups excluding tert-OH is 1. The number of likely N-dealkylation sites (N-methyl/N-ethyl adjacent to an activating group) is 1. The van der Waals surface area contributed by atoms with Crippen LogP contribution >= 0.6 is 0 Å². The van der Waals surface area contributed by atoms with E-state index < -0.39 is 12.7 Å². The maximum atomic E-state index is 12.1. The van der Waals surface area contributed by atoms with Crippen molar-refractivity contribution in [1.29, 1.82) is 5.26 Å². The number of ether oxygens (including phenoxy) is 1. The van der Waals surface area contributed by atoms with E-state index in [1.54, 1.807) is 24.3 Å². The molecule has 6 heteroatoms. The summed E-state index contributed by atoms with van der Waals surface area (Å²) in [6, 6.07) is 15.3. The van der Waals surface area contributed by atoms with E-state index in [1.807, 2.05) is 24.1 Å². The monoisotopic (exact) mass is 332 g/mol. The molecular formula is C18H18F2N2O2. The lowest BCUT2D eigenvalue weighted by Gasteiger charge is -2.21. The Hall–Kier alpha value is -2.49. The van der Waals surface area contributed by atoms with E-state index >= 15 is 0 Å². The number of hydrogen-bond donors (Lipinski definition) is 1. The maximum Gasteiger partial charge on any atom is 0.387 e. The fourth-order valence-corrected chi connectivity index (χ4v) is 2.33. The lowest BCUT2D eigenvalue weighted by atomic mass is 10.1. The largest absolute Gasteiger partial charge is 0.435 e.